The summed E-state index contributed by atoms with van der Waals surface area (Å²) in [7, 11) is 1.39. The summed E-state index contributed by atoms with van der Waals surface area (Å²) in [5.74, 6) is -0.302. The molecule has 0 aliphatic carbocycles. The van der Waals surface area contributed by atoms with E-state index in [1.54, 1.807) is 6.07 Å². The Morgan fingerprint density at radius 3 is 2.73 bits per heavy atom. The summed E-state index contributed by atoms with van der Waals surface area (Å²) in [5.41, 5.74) is 2.59. The number of hydrogen-bond donors (Lipinski definition) is 2. The molecule has 0 fully saturated rings. The molecule has 15 heavy (non-hydrogen) atoms. The van der Waals surface area contributed by atoms with E-state index in [-0.39, 0.29) is 5.97 Å². The average Bonchev–Trinajstić information content (AvgIpc) is 2.51. The molecule has 0 saturated heterocycles. The molecule has 0 spiro atoms. The molecule has 0 unspecified atom stereocenters. The number of ether oxygens (including phenoxy) is 1. The van der Waals surface area contributed by atoms with E-state index >= 15 is 0 Å². The van der Waals surface area contributed by atoms with Crippen LogP contribution in [0.3, 0.4) is 0 Å². The Bertz CT molecular complexity index is 377. The lowest BCUT2D eigenvalue weighted by Crippen LogP contribution is -2.04. The third-order valence-electron chi connectivity index (χ3n) is 2.43. The van der Waals surface area contributed by atoms with Crippen LogP contribution >= 0.6 is 0 Å². The van der Waals surface area contributed by atoms with Gasteiger partial charge in [-0.2, -0.15) is 0 Å². The van der Waals surface area contributed by atoms with E-state index in [0.29, 0.717) is 5.56 Å². The lowest BCUT2D eigenvalue weighted by molar-refractivity contribution is 0.0601. The summed E-state index contributed by atoms with van der Waals surface area (Å²) in [6.45, 7) is 1.88. The van der Waals surface area contributed by atoms with Gasteiger partial charge in [-0.3, -0.25) is 0 Å². The standard InChI is InChI=1S/C11H14N2O2/c1-15-11(14)8-3-4-9-10(7-8)13-6-2-5-12-9/h3-4,7,12-13H,2,5-6H2,1H3. The zero-order valence-corrected chi connectivity index (χ0v) is 8.67. The van der Waals surface area contributed by atoms with Gasteiger partial charge in [0.2, 0.25) is 0 Å². The minimum atomic E-state index is -0.302. The van der Waals surface area contributed by atoms with Crippen molar-refractivity contribution in [3.05, 3.63) is 23.8 Å². The lowest BCUT2D eigenvalue weighted by atomic mass is 10.1. The second-order valence-electron chi connectivity index (χ2n) is 3.46. The molecule has 1 aromatic rings. The normalized spacial score (nSPS) is 14.2. The smallest absolute Gasteiger partial charge is 0.337 e. The molecular weight excluding hydrogens is 192 g/mol. The maximum absolute atomic E-state index is 11.3. The monoisotopic (exact) mass is 206 g/mol. The van der Waals surface area contributed by atoms with Crippen molar-refractivity contribution in [3.63, 3.8) is 0 Å². The molecule has 2 rings (SSSR count). The van der Waals surface area contributed by atoms with Crippen LogP contribution in [0.5, 0.6) is 0 Å². The molecule has 0 aromatic heterocycles. The van der Waals surface area contributed by atoms with Gasteiger partial charge in [-0.1, -0.05) is 0 Å². The Morgan fingerprint density at radius 2 is 2.00 bits per heavy atom. The summed E-state index contributed by atoms with van der Waals surface area (Å²) in [6, 6.07) is 5.49. The summed E-state index contributed by atoms with van der Waals surface area (Å²) in [6.07, 6.45) is 1.07. The van der Waals surface area contributed by atoms with E-state index in [2.05, 4.69) is 15.4 Å². The summed E-state index contributed by atoms with van der Waals surface area (Å²) in [4.78, 5) is 11.3. The largest absolute Gasteiger partial charge is 0.465 e. The van der Waals surface area contributed by atoms with Crippen LogP contribution in [-0.2, 0) is 4.74 Å². The van der Waals surface area contributed by atoms with Gasteiger partial charge in [0, 0.05) is 13.1 Å². The Balaban J connectivity index is 2.31. The van der Waals surface area contributed by atoms with Crippen molar-refractivity contribution in [2.24, 2.45) is 0 Å². The zero-order valence-electron chi connectivity index (χ0n) is 8.67. The fourth-order valence-corrected chi connectivity index (χ4v) is 1.62. The molecule has 1 aromatic carbocycles. The number of fused-ring (bicyclic) bond motifs is 1. The Hall–Kier alpha value is -1.71. The van der Waals surface area contributed by atoms with E-state index in [0.717, 1.165) is 30.9 Å². The lowest BCUT2D eigenvalue weighted by Gasteiger charge is -2.09. The molecule has 4 nitrogen and oxygen atoms in total. The predicted octanol–water partition coefficient (Wildman–Crippen LogP) is 1.70. The van der Waals surface area contributed by atoms with Gasteiger partial charge in [-0.15, -0.1) is 0 Å². The van der Waals surface area contributed by atoms with E-state index in [1.807, 2.05) is 12.1 Å². The first-order chi connectivity index (χ1) is 7.31. The van der Waals surface area contributed by atoms with Crippen LogP contribution in [0.25, 0.3) is 0 Å². The highest BCUT2D eigenvalue weighted by Crippen LogP contribution is 2.25. The number of methoxy groups -OCH3 is 1. The van der Waals surface area contributed by atoms with Crippen molar-refractivity contribution >= 4 is 17.3 Å². The Morgan fingerprint density at radius 1 is 1.27 bits per heavy atom. The second-order valence-corrected chi connectivity index (χ2v) is 3.46. The first-order valence-corrected chi connectivity index (χ1v) is 5.01. The van der Waals surface area contributed by atoms with Gasteiger partial charge < -0.3 is 15.4 Å². The maximum atomic E-state index is 11.3. The number of carbonyl (C=O) groups is 1. The van der Waals surface area contributed by atoms with E-state index in [4.69, 9.17) is 0 Å². The third kappa shape index (κ3) is 2.03. The van der Waals surface area contributed by atoms with Crippen LogP contribution < -0.4 is 10.6 Å². The number of nitrogens with one attached hydrogen (secondary N) is 2. The zero-order chi connectivity index (χ0) is 10.7. The van der Waals surface area contributed by atoms with Gasteiger partial charge in [-0.25, -0.2) is 4.79 Å². The number of esters is 1. The Labute approximate surface area is 88.6 Å². The highest BCUT2D eigenvalue weighted by atomic mass is 16.5. The minimum absolute atomic E-state index is 0.302. The molecule has 0 amide bonds. The van der Waals surface area contributed by atoms with Gasteiger partial charge in [-0.05, 0) is 24.6 Å². The Kier molecular flexibility index (Phi) is 2.76. The van der Waals surface area contributed by atoms with E-state index in [9.17, 15) is 4.79 Å². The maximum Gasteiger partial charge on any atom is 0.337 e. The number of hydrogen-bond acceptors (Lipinski definition) is 4. The highest BCUT2D eigenvalue weighted by molar-refractivity contribution is 5.92. The molecule has 0 radical (unpaired) electrons. The number of carbonyl (C=O) groups excluding carboxylic acids is 1. The van der Waals surface area contributed by atoms with Crippen LogP contribution in [-0.4, -0.2) is 26.2 Å². The first kappa shape index (κ1) is 9.83. The number of rotatable bonds is 1. The van der Waals surface area contributed by atoms with Crippen molar-refractivity contribution in [2.75, 3.05) is 30.8 Å². The van der Waals surface area contributed by atoms with Crippen LogP contribution in [0.1, 0.15) is 16.8 Å². The minimum Gasteiger partial charge on any atom is -0.465 e. The van der Waals surface area contributed by atoms with E-state index in [1.165, 1.54) is 7.11 Å². The quantitative estimate of drug-likeness (QED) is 0.687. The molecule has 80 valence electrons. The predicted molar refractivity (Wildman–Crippen MR) is 59.4 cm³/mol. The van der Waals surface area contributed by atoms with E-state index < -0.39 is 0 Å². The fraction of sp³-hybridized carbons (Fsp3) is 0.364. The molecule has 4 heteroatoms. The second kappa shape index (κ2) is 4.21. The van der Waals surface area contributed by atoms with Crippen LogP contribution in [0.4, 0.5) is 11.4 Å². The van der Waals surface area contributed by atoms with Crippen molar-refractivity contribution in [2.45, 2.75) is 6.42 Å². The topological polar surface area (TPSA) is 50.4 Å². The average molecular weight is 206 g/mol. The highest BCUT2D eigenvalue weighted by Gasteiger charge is 2.11. The summed E-state index contributed by atoms with van der Waals surface area (Å²) >= 11 is 0. The molecular formula is C11H14N2O2. The molecule has 1 aliphatic rings. The van der Waals surface area contributed by atoms with Crippen molar-refractivity contribution in [3.8, 4) is 0 Å². The van der Waals surface area contributed by atoms with Crippen LogP contribution in [0.2, 0.25) is 0 Å². The number of anilines is 2. The van der Waals surface area contributed by atoms with Crippen molar-refractivity contribution < 1.29 is 9.53 Å². The molecule has 0 saturated carbocycles. The third-order valence-corrected chi connectivity index (χ3v) is 2.43. The van der Waals surface area contributed by atoms with Crippen molar-refractivity contribution in [1.82, 2.24) is 0 Å². The van der Waals surface area contributed by atoms with Gasteiger partial charge in [0.1, 0.15) is 0 Å². The summed E-state index contributed by atoms with van der Waals surface area (Å²) < 4.78 is 4.67. The molecule has 1 aliphatic heterocycles. The SMILES string of the molecule is COC(=O)c1ccc2c(c1)NCCCN2. The van der Waals surface area contributed by atoms with Crippen LogP contribution in [0.15, 0.2) is 18.2 Å². The fourth-order valence-electron chi connectivity index (χ4n) is 1.62. The molecule has 2 N–H and O–H groups in total. The number of benzene rings is 1. The van der Waals surface area contributed by atoms with Gasteiger partial charge in [0.15, 0.2) is 0 Å². The summed E-state index contributed by atoms with van der Waals surface area (Å²) in [5, 5.41) is 6.57. The van der Waals surface area contributed by atoms with Gasteiger partial charge in [0.25, 0.3) is 0 Å². The van der Waals surface area contributed by atoms with Crippen molar-refractivity contribution in [1.29, 1.82) is 0 Å². The molecule has 0 atom stereocenters. The van der Waals surface area contributed by atoms with Crippen LogP contribution in [0, 0.1) is 0 Å². The van der Waals surface area contributed by atoms with Gasteiger partial charge in [0.05, 0.1) is 24.0 Å². The first-order valence-electron chi connectivity index (χ1n) is 5.01. The molecule has 1 heterocycles. The molecule has 0 bridgehead atoms. The van der Waals surface area contributed by atoms with Gasteiger partial charge >= 0.3 is 5.97 Å².